The lowest BCUT2D eigenvalue weighted by Crippen LogP contribution is -2.40. The number of carbonyl (C=O) groups is 3. The molecule has 3 aliphatic heterocycles. The number of aromatic nitrogens is 2. The van der Waals surface area contributed by atoms with Gasteiger partial charge in [-0.25, -0.2) is 4.79 Å². The molecule has 5 rings (SSSR count). The van der Waals surface area contributed by atoms with Gasteiger partial charge in [0.05, 0.1) is 23.7 Å². The molecule has 1 N–H and O–H groups in total. The lowest BCUT2D eigenvalue weighted by molar-refractivity contribution is -0.134. The fourth-order valence-corrected chi connectivity index (χ4v) is 6.42. The van der Waals surface area contributed by atoms with Gasteiger partial charge in [-0.1, -0.05) is 0 Å². The molecule has 1 unspecified atom stereocenters. The van der Waals surface area contributed by atoms with Gasteiger partial charge >= 0.3 is 6.09 Å². The summed E-state index contributed by atoms with van der Waals surface area (Å²) in [6, 6.07) is 6.66. The van der Waals surface area contributed by atoms with Crippen LogP contribution < -0.4 is 10.2 Å². The highest BCUT2D eigenvalue weighted by Gasteiger charge is 2.33. The number of benzene rings is 1. The molecule has 3 saturated heterocycles. The van der Waals surface area contributed by atoms with Crippen molar-refractivity contribution < 1.29 is 19.1 Å². The lowest BCUT2D eigenvalue weighted by atomic mass is 9.83. The minimum atomic E-state index is -0.388. The Morgan fingerprint density at radius 1 is 1.05 bits per heavy atom. The van der Waals surface area contributed by atoms with E-state index in [9.17, 15) is 14.4 Å². The zero-order chi connectivity index (χ0) is 26.8. The largest absolute Gasteiger partial charge is 0.450 e. The molecule has 1 aromatic heterocycles. The first-order valence-electron chi connectivity index (χ1n) is 14.4. The zero-order valence-corrected chi connectivity index (χ0v) is 22.9. The van der Waals surface area contributed by atoms with Crippen molar-refractivity contribution in [1.29, 1.82) is 0 Å². The Balaban J connectivity index is 1.22. The van der Waals surface area contributed by atoms with E-state index in [1.807, 2.05) is 16.5 Å². The third-order valence-corrected chi connectivity index (χ3v) is 8.56. The van der Waals surface area contributed by atoms with Gasteiger partial charge in [-0.05, 0) is 89.3 Å². The number of likely N-dealkylation sites (tertiary alicyclic amines) is 1. The molecular formula is C29H41N5O4. The standard InChI is InChI=1S/C29H41N5O4/c1-4-38-29(37)33-15-11-21(12-16-33)17-20-9-13-32(14-10-20)22-5-6-23-25(18-22)34(19(2)3)31-27(23)24-7-8-26(35)30-28(24)36/h5-6,18-21,24H,4,7-17H2,1-3H3,(H,30,35,36). The van der Waals surface area contributed by atoms with Crippen molar-refractivity contribution >= 4 is 34.5 Å². The van der Waals surface area contributed by atoms with Crippen LogP contribution >= 0.6 is 0 Å². The zero-order valence-electron chi connectivity index (χ0n) is 22.9. The second-order valence-electron chi connectivity index (χ2n) is 11.4. The number of amides is 3. The first-order chi connectivity index (χ1) is 18.3. The number of ether oxygens (including phenoxy) is 1. The Morgan fingerprint density at radius 3 is 2.37 bits per heavy atom. The minimum absolute atomic E-state index is 0.163. The maximum absolute atomic E-state index is 12.6. The van der Waals surface area contributed by atoms with E-state index in [0.29, 0.717) is 25.4 Å². The molecule has 1 aromatic carbocycles. The van der Waals surface area contributed by atoms with Crippen molar-refractivity contribution in [1.82, 2.24) is 20.0 Å². The second kappa shape index (κ2) is 11.3. The summed E-state index contributed by atoms with van der Waals surface area (Å²) in [4.78, 5) is 40.5. The highest BCUT2D eigenvalue weighted by molar-refractivity contribution is 6.02. The average molecular weight is 524 g/mol. The van der Waals surface area contributed by atoms with Crippen molar-refractivity contribution in [3.63, 3.8) is 0 Å². The summed E-state index contributed by atoms with van der Waals surface area (Å²) in [6.07, 6.45) is 6.45. The summed E-state index contributed by atoms with van der Waals surface area (Å²) in [5.74, 6) is 0.594. The molecule has 2 aromatic rings. The normalized spacial score (nSPS) is 21.8. The number of carbonyl (C=O) groups excluding carboxylic acids is 3. The van der Waals surface area contributed by atoms with Crippen LogP contribution in [0.1, 0.15) is 83.4 Å². The van der Waals surface area contributed by atoms with Crippen molar-refractivity contribution in [3.8, 4) is 0 Å². The third kappa shape index (κ3) is 5.52. The maximum atomic E-state index is 12.6. The predicted octanol–water partition coefficient (Wildman–Crippen LogP) is 4.61. The molecule has 9 nitrogen and oxygen atoms in total. The van der Waals surface area contributed by atoms with Gasteiger partial charge in [-0.3, -0.25) is 19.6 Å². The van der Waals surface area contributed by atoms with E-state index in [1.165, 1.54) is 24.9 Å². The Morgan fingerprint density at radius 2 is 1.74 bits per heavy atom. The van der Waals surface area contributed by atoms with Gasteiger partial charge in [0, 0.05) is 49.7 Å². The third-order valence-electron chi connectivity index (χ3n) is 8.56. The molecule has 0 saturated carbocycles. The molecule has 0 radical (unpaired) electrons. The van der Waals surface area contributed by atoms with E-state index >= 15 is 0 Å². The smallest absolute Gasteiger partial charge is 0.409 e. The number of piperidine rings is 3. The number of nitrogens with zero attached hydrogens (tertiary/aromatic N) is 4. The SMILES string of the molecule is CCOC(=O)N1CCC(CC2CCN(c3ccc4c(C5CCC(=O)NC5=O)nn(C(C)C)c4c3)CC2)CC1. The summed E-state index contributed by atoms with van der Waals surface area (Å²) >= 11 is 0. The Kier molecular flexibility index (Phi) is 7.91. The number of imide groups is 1. The molecule has 4 heterocycles. The van der Waals surface area contributed by atoms with Crippen LogP contribution in [0, 0.1) is 11.8 Å². The first-order valence-corrected chi connectivity index (χ1v) is 14.4. The Hall–Kier alpha value is -3.10. The van der Waals surface area contributed by atoms with Gasteiger partial charge in [0.1, 0.15) is 0 Å². The molecule has 3 aliphatic rings. The number of anilines is 1. The van der Waals surface area contributed by atoms with Gasteiger partial charge < -0.3 is 14.5 Å². The van der Waals surface area contributed by atoms with Crippen molar-refractivity contribution in [2.45, 2.75) is 77.7 Å². The van der Waals surface area contributed by atoms with Crippen LogP contribution in [-0.4, -0.2) is 65.4 Å². The molecule has 3 fully saturated rings. The molecule has 0 aliphatic carbocycles. The fraction of sp³-hybridized carbons (Fsp3) is 0.655. The molecule has 0 bridgehead atoms. The van der Waals surface area contributed by atoms with E-state index in [0.717, 1.165) is 61.5 Å². The molecule has 0 spiro atoms. The molecule has 1 atom stereocenters. The highest BCUT2D eigenvalue weighted by Crippen LogP contribution is 2.36. The Labute approximate surface area is 224 Å². The van der Waals surface area contributed by atoms with E-state index < -0.39 is 0 Å². The van der Waals surface area contributed by atoms with Crippen molar-refractivity contribution in [3.05, 3.63) is 23.9 Å². The van der Waals surface area contributed by atoms with Crippen molar-refractivity contribution in [2.75, 3.05) is 37.7 Å². The summed E-state index contributed by atoms with van der Waals surface area (Å²) in [6.45, 7) is 10.2. The van der Waals surface area contributed by atoms with Crippen LogP contribution in [0.3, 0.4) is 0 Å². The van der Waals surface area contributed by atoms with Crippen LogP contribution in [0.4, 0.5) is 10.5 Å². The number of nitrogens with one attached hydrogen (secondary N) is 1. The molecule has 206 valence electrons. The van der Waals surface area contributed by atoms with Gasteiger partial charge in [0.25, 0.3) is 0 Å². The fourth-order valence-electron chi connectivity index (χ4n) is 6.42. The van der Waals surface area contributed by atoms with E-state index in [-0.39, 0.29) is 29.9 Å². The molecular weight excluding hydrogens is 482 g/mol. The van der Waals surface area contributed by atoms with Gasteiger partial charge in [0.15, 0.2) is 0 Å². The van der Waals surface area contributed by atoms with E-state index in [1.54, 1.807) is 0 Å². The molecule has 38 heavy (non-hydrogen) atoms. The van der Waals surface area contributed by atoms with Gasteiger partial charge in [0.2, 0.25) is 11.8 Å². The number of hydrogen-bond acceptors (Lipinski definition) is 6. The monoisotopic (exact) mass is 523 g/mol. The number of hydrogen-bond donors (Lipinski definition) is 1. The van der Waals surface area contributed by atoms with Crippen LogP contribution in [0.2, 0.25) is 0 Å². The maximum Gasteiger partial charge on any atom is 0.409 e. The van der Waals surface area contributed by atoms with Gasteiger partial charge in [-0.15, -0.1) is 0 Å². The number of rotatable bonds is 6. The quantitative estimate of drug-likeness (QED) is 0.556. The summed E-state index contributed by atoms with van der Waals surface area (Å²) in [7, 11) is 0. The average Bonchev–Trinajstić information content (AvgIpc) is 3.29. The van der Waals surface area contributed by atoms with E-state index in [2.05, 4.69) is 42.3 Å². The second-order valence-corrected chi connectivity index (χ2v) is 11.4. The van der Waals surface area contributed by atoms with E-state index in [4.69, 9.17) is 9.84 Å². The minimum Gasteiger partial charge on any atom is -0.450 e. The lowest BCUT2D eigenvalue weighted by Gasteiger charge is -2.37. The number of fused-ring (bicyclic) bond motifs is 1. The summed E-state index contributed by atoms with van der Waals surface area (Å²) < 4.78 is 7.18. The first kappa shape index (κ1) is 26.5. The van der Waals surface area contributed by atoms with Gasteiger partial charge in [-0.2, -0.15) is 5.10 Å². The van der Waals surface area contributed by atoms with Crippen LogP contribution in [0.5, 0.6) is 0 Å². The summed E-state index contributed by atoms with van der Waals surface area (Å²) in [5, 5.41) is 8.35. The van der Waals surface area contributed by atoms with Crippen molar-refractivity contribution in [2.24, 2.45) is 11.8 Å². The molecule has 3 amide bonds. The predicted molar refractivity (Wildman–Crippen MR) is 146 cm³/mol. The van der Waals surface area contributed by atoms with Crippen LogP contribution in [0.15, 0.2) is 18.2 Å². The highest BCUT2D eigenvalue weighted by atomic mass is 16.6. The summed E-state index contributed by atoms with van der Waals surface area (Å²) in [5.41, 5.74) is 3.03. The van der Waals surface area contributed by atoms with Crippen LogP contribution in [-0.2, 0) is 14.3 Å². The molecule has 9 heteroatoms. The Bertz CT molecular complexity index is 1180. The van der Waals surface area contributed by atoms with Crippen LogP contribution in [0.25, 0.3) is 10.9 Å². The topological polar surface area (TPSA) is 96.8 Å².